The van der Waals surface area contributed by atoms with Crippen LogP contribution in [0.15, 0.2) is 6.07 Å². The summed E-state index contributed by atoms with van der Waals surface area (Å²) in [6.45, 7) is 7.77. The lowest BCUT2D eigenvalue weighted by molar-refractivity contribution is -0.141. The lowest BCUT2D eigenvalue weighted by Crippen LogP contribution is -2.46. The molecular formula is C17H26F3N3O. The maximum atomic E-state index is 12.7. The summed E-state index contributed by atoms with van der Waals surface area (Å²) < 4.78 is 39.4. The Morgan fingerprint density at radius 2 is 2.08 bits per heavy atom. The Kier molecular flexibility index (Phi) is 5.60. The summed E-state index contributed by atoms with van der Waals surface area (Å²) in [5.74, 6) is 0.429. The Morgan fingerprint density at radius 1 is 1.42 bits per heavy atom. The van der Waals surface area contributed by atoms with E-state index < -0.39 is 17.8 Å². The quantitative estimate of drug-likeness (QED) is 0.902. The number of carbonyl (C=O) groups excluding carboxylic acids is 1. The molecule has 0 spiro atoms. The van der Waals surface area contributed by atoms with E-state index in [9.17, 15) is 18.0 Å². The molecule has 2 rings (SSSR count). The van der Waals surface area contributed by atoms with Crippen molar-refractivity contribution < 1.29 is 18.0 Å². The predicted molar refractivity (Wildman–Crippen MR) is 85.2 cm³/mol. The van der Waals surface area contributed by atoms with Crippen molar-refractivity contribution in [2.75, 3.05) is 0 Å². The van der Waals surface area contributed by atoms with Gasteiger partial charge in [-0.2, -0.15) is 18.3 Å². The first-order chi connectivity index (χ1) is 11.1. The molecule has 24 heavy (non-hydrogen) atoms. The monoisotopic (exact) mass is 345 g/mol. The summed E-state index contributed by atoms with van der Waals surface area (Å²) in [5, 5.41) is 6.66. The summed E-state index contributed by atoms with van der Waals surface area (Å²) >= 11 is 0. The van der Waals surface area contributed by atoms with Crippen molar-refractivity contribution in [3.05, 3.63) is 17.5 Å². The minimum absolute atomic E-state index is 0.121. The molecular weight excluding hydrogens is 319 g/mol. The topological polar surface area (TPSA) is 46.9 Å². The molecule has 1 aliphatic rings. The van der Waals surface area contributed by atoms with Gasteiger partial charge in [0.1, 0.15) is 0 Å². The van der Waals surface area contributed by atoms with Gasteiger partial charge < -0.3 is 5.32 Å². The number of alkyl halides is 3. The third kappa shape index (κ3) is 4.30. The van der Waals surface area contributed by atoms with Gasteiger partial charge in [-0.1, -0.05) is 33.6 Å². The van der Waals surface area contributed by atoms with Crippen molar-refractivity contribution in [2.24, 2.45) is 17.8 Å². The first kappa shape index (κ1) is 18.8. The number of amides is 1. The molecule has 1 aliphatic carbocycles. The van der Waals surface area contributed by atoms with E-state index in [-0.39, 0.29) is 18.5 Å². The Morgan fingerprint density at radius 3 is 2.67 bits per heavy atom. The highest BCUT2D eigenvalue weighted by Crippen LogP contribution is 2.30. The molecule has 1 heterocycles. The number of halogens is 3. The largest absolute Gasteiger partial charge is 0.435 e. The van der Waals surface area contributed by atoms with E-state index in [4.69, 9.17) is 0 Å². The average Bonchev–Trinajstić information content (AvgIpc) is 2.85. The van der Waals surface area contributed by atoms with E-state index in [1.54, 1.807) is 13.8 Å². The van der Waals surface area contributed by atoms with Crippen LogP contribution in [0.1, 0.15) is 51.4 Å². The normalized spacial score (nSPS) is 26.2. The van der Waals surface area contributed by atoms with Gasteiger partial charge in [-0.25, -0.2) is 0 Å². The van der Waals surface area contributed by atoms with Gasteiger partial charge in [0.15, 0.2) is 5.69 Å². The van der Waals surface area contributed by atoms with Gasteiger partial charge in [-0.15, -0.1) is 0 Å². The number of nitrogens with zero attached hydrogens (tertiary/aromatic N) is 2. The number of carbonyl (C=O) groups is 1. The highest BCUT2D eigenvalue weighted by Gasteiger charge is 2.35. The highest BCUT2D eigenvalue weighted by atomic mass is 19.4. The fourth-order valence-electron chi connectivity index (χ4n) is 3.29. The van der Waals surface area contributed by atoms with Crippen LogP contribution in [0, 0.1) is 24.7 Å². The van der Waals surface area contributed by atoms with Crippen LogP contribution in [-0.2, 0) is 17.5 Å². The molecule has 0 saturated heterocycles. The second-order valence-corrected chi connectivity index (χ2v) is 7.13. The van der Waals surface area contributed by atoms with Crippen LogP contribution in [-0.4, -0.2) is 21.7 Å². The fraction of sp³-hybridized carbons (Fsp3) is 0.765. The molecule has 0 bridgehead atoms. The molecule has 0 unspecified atom stereocenters. The third-order valence-electron chi connectivity index (χ3n) is 5.20. The van der Waals surface area contributed by atoms with E-state index in [1.165, 1.54) is 11.1 Å². The smallest absolute Gasteiger partial charge is 0.353 e. The first-order valence-electron chi connectivity index (χ1n) is 8.51. The summed E-state index contributed by atoms with van der Waals surface area (Å²) in [6.07, 6.45) is -1.23. The van der Waals surface area contributed by atoms with Crippen molar-refractivity contribution in [2.45, 2.75) is 65.7 Å². The average molecular weight is 345 g/mol. The van der Waals surface area contributed by atoms with Gasteiger partial charge in [0.05, 0.1) is 12.5 Å². The molecule has 4 atom stereocenters. The number of aromatic nitrogens is 2. The summed E-state index contributed by atoms with van der Waals surface area (Å²) in [4.78, 5) is 12.4. The van der Waals surface area contributed by atoms with Crippen molar-refractivity contribution in [1.29, 1.82) is 0 Å². The van der Waals surface area contributed by atoms with E-state index >= 15 is 0 Å². The van der Waals surface area contributed by atoms with Gasteiger partial charge in [0, 0.05) is 11.7 Å². The first-order valence-corrected chi connectivity index (χ1v) is 8.51. The molecule has 1 aromatic rings. The summed E-state index contributed by atoms with van der Waals surface area (Å²) in [6, 6.07) is 1.16. The molecule has 0 aliphatic heterocycles. The Balaban J connectivity index is 1.98. The standard InChI is InChI=1S/C17H26F3N3O/c1-10-6-5-7-14(13(10)4)21-16(24)11(2)9-23-12(3)8-15(22-23)17(18,19)20/h8,10-11,13-14H,5-7,9H2,1-4H3,(H,21,24)/t10-,11-,13-,14+/m0/s1. The van der Waals surface area contributed by atoms with Crippen LogP contribution in [0.5, 0.6) is 0 Å². The second kappa shape index (κ2) is 7.15. The SMILES string of the molecule is Cc1cc(C(F)(F)F)nn1C[C@H](C)C(=O)N[C@@H]1CCC[C@H](C)[C@@H]1C. The van der Waals surface area contributed by atoms with Crippen molar-refractivity contribution in [3.8, 4) is 0 Å². The van der Waals surface area contributed by atoms with Crippen molar-refractivity contribution in [1.82, 2.24) is 15.1 Å². The molecule has 4 nitrogen and oxygen atoms in total. The maximum absolute atomic E-state index is 12.7. The molecule has 1 fully saturated rings. The van der Waals surface area contributed by atoms with Crippen LogP contribution in [0.4, 0.5) is 13.2 Å². The van der Waals surface area contributed by atoms with Gasteiger partial charge in [0.25, 0.3) is 0 Å². The van der Waals surface area contributed by atoms with Crippen LogP contribution >= 0.6 is 0 Å². The number of aryl methyl sites for hydroxylation is 1. The molecule has 7 heteroatoms. The molecule has 1 aromatic heterocycles. The molecule has 1 amide bonds. The fourth-order valence-corrected chi connectivity index (χ4v) is 3.29. The molecule has 136 valence electrons. The van der Waals surface area contributed by atoms with E-state index in [0.29, 0.717) is 17.5 Å². The van der Waals surface area contributed by atoms with Gasteiger partial charge >= 0.3 is 6.18 Å². The van der Waals surface area contributed by atoms with Crippen LogP contribution in [0.3, 0.4) is 0 Å². The van der Waals surface area contributed by atoms with Crippen molar-refractivity contribution in [3.63, 3.8) is 0 Å². The van der Waals surface area contributed by atoms with Gasteiger partial charge in [0.2, 0.25) is 5.91 Å². The Labute approximate surface area is 140 Å². The zero-order valence-electron chi connectivity index (χ0n) is 14.7. The van der Waals surface area contributed by atoms with Gasteiger partial charge in [-0.05, 0) is 31.2 Å². The minimum Gasteiger partial charge on any atom is -0.353 e. The highest BCUT2D eigenvalue weighted by molar-refractivity contribution is 5.78. The van der Waals surface area contributed by atoms with E-state index in [2.05, 4.69) is 24.3 Å². The Hall–Kier alpha value is -1.53. The second-order valence-electron chi connectivity index (χ2n) is 7.13. The van der Waals surface area contributed by atoms with Crippen molar-refractivity contribution >= 4 is 5.91 Å². The Bertz CT molecular complexity index is 582. The van der Waals surface area contributed by atoms with E-state index in [1.807, 2.05) is 0 Å². The zero-order chi connectivity index (χ0) is 18.1. The number of hydrogen-bond donors (Lipinski definition) is 1. The number of hydrogen-bond acceptors (Lipinski definition) is 2. The van der Waals surface area contributed by atoms with E-state index in [0.717, 1.165) is 18.9 Å². The molecule has 1 N–H and O–H groups in total. The molecule has 1 saturated carbocycles. The lowest BCUT2D eigenvalue weighted by atomic mass is 9.78. The summed E-state index contributed by atoms with van der Waals surface area (Å²) in [7, 11) is 0. The zero-order valence-corrected chi connectivity index (χ0v) is 14.7. The maximum Gasteiger partial charge on any atom is 0.435 e. The van der Waals surface area contributed by atoms with Crippen LogP contribution in [0.25, 0.3) is 0 Å². The molecule has 0 aromatic carbocycles. The predicted octanol–water partition coefficient (Wildman–Crippen LogP) is 3.79. The molecule has 0 radical (unpaired) electrons. The van der Waals surface area contributed by atoms with Gasteiger partial charge in [-0.3, -0.25) is 9.48 Å². The lowest BCUT2D eigenvalue weighted by Gasteiger charge is -2.35. The van der Waals surface area contributed by atoms with Crippen LogP contribution < -0.4 is 5.32 Å². The number of nitrogens with one attached hydrogen (secondary N) is 1. The summed E-state index contributed by atoms with van der Waals surface area (Å²) in [5.41, 5.74) is -0.510. The minimum atomic E-state index is -4.46. The third-order valence-corrected chi connectivity index (χ3v) is 5.20. The van der Waals surface area contributed by atoms with Crippen LogP contribution in [0.2, 0.25) is 0 Å². The number of rotatable bonds is 4.